The van der Waals surface area contributed by atoms with E-state index in [4.69, 9.17) is 9.47 Å². The molecule has 6 heteroatoms. The first-order chi connectivity index (χ1) is 9.06. The van der Waals surface area contributed by atoms with Gasteiger partial charge in [0.2, 0.25) is 6.54 Å². The Hall–Kier alpha value is -2.11. The van der Waals surface area contributed by atoms with Crippen LogP contribution in [-0.4, -0.2) is 24.5 Å². The van der Waals surface area contributed by atoms with Gasteiger partial charge in [-0.1, -0.05) is 13.0 Å². The molecule has 0 aliphatic carbocycles. The minimum Gasteiger partial charge on any atom is -0.497 e. The number of esters is 1. The lowest BCUT2D eigenvalue weighted by atomic mass is 9.82. The summed E-state index contributed by atoms with van der Waals surface area (Å²) in [4.78, 5) is 22.3. The fourth-order valence-corrected chi connectivity index (χ4v) is 2.44. The average molecular weight is 265 g/mol. The van der Waals surface area contributed by atoms with Crippen molar-refractivity contribution in [2.24, 2.45) is 5.92 Å². The second-order valence-electron chi connectivity index (χ2n) is 4.46. The van der Waals surface area contributed by atoms with Crippen LogP contribution in [0.1, 0.15) is 24.8 Å². The van der Waals surface area contributed by atoms with Gasteiger partial charge in [0.25, 0.3) is 0 Å². The highest BCUT2D eigenvalue weighted by Gasteiger charge is 2.39. The number of hydrogen-bond acceptors (Lipinski definition) is 5. The van der Waals surface area contributed by atoms with Crippen molar-refractivity contribution in [2.75, 3.05) is 13.7 Å². The van der Waals surface area contributed by atoms with Gasteiger partial charge in [0, 0.05) is 16.6 Å². The van der Waals surface area contributed by atoms with Crippen molar-refractivity contribution in [2.45, 2.75) is 19.3 Å². The zero-order chi connectivity index (χ0) is 14.0. The lowest BCUT2D eigenvalue weighted by Gasteiger charge is -2.29. The molecule has 1 aliphatic heterocycles. The summed E-state index contributed by atoms with van der Waals surface area (Å²) < 4.78 is 10.3. The first-order valence-corrected chi connectivity index (χ1v) is 6.08. The quantitative estimate of drug-likeness (QED) is 0.360. The normalized spacial score (nSPS) is 21.5. The summed E-state index contributed by atoms with van der Waals surface area (Å²) in [5.41, 5.74) is 0.698. The Kier molecular flexibility index (Phi) is 3.69. The molecule has 0 bridgehead atoms. The maximum absolute atomic E-state index is 11.9. The van der Waals surface area contributed by atoms with Gasteiger partial charge in [0.1, 0.15) is 11.5 Å². The van der Waals surface area contributed by atoms with Crippen LogP contribution in [0.15, 0.2) is 18.2 Å². The molecule has 2 rings (SSSR count). The van der Waals surface area contributed by atoms with E-state index in [9.17, 15) is 14.9 Å². The van der Waals surface area contributed by atoms with Gasteiger partial charge >= 0.3 is 5.97 Å². The van der Waals surface area contributed by atoms with E-state index in [1.807, 2.05) is 6.92 Å². The molecule has 1 aromatic carbocycles. The highest BCUT2D eigenvalue weighted by atomic mass is 16.6. The largest absolute Gasteiger partial charge is 0.497 e. The van der Waals surface area contributed by atoms with E-state index in [0.29, 0.717) is 23.5 Å². The predicted octanol–water partition coefficient (Wildman–Crippen LogP) is 2.00. The van der Waals surface area contributed by atoms with E-state index >= 15 is 0 Å². The van der Waals surface area contributed by atoms with Crippen LogP contribution < -0.4 is 9.47 Å². The topological polar surface area (TPSA) is 78.7 Å². The predicted molar refractivity (Wildman–Crippen MR) is 67.0 cm³/mol. The molecule has 1 heterocycles. The lowest BCUT2D eigenvalue weighted by Crippen LogP contribution is -2.34. The minimum absolute atomic E-state index is 0.271. The van der Waals surface area contributed by atoms with Gasteiger partial charge < -0.3 is 9.47 Å². The third kappa shape index (κ3) is 2.52. The second-order valence-corrected chi connectivity index (χ2v) is 4.46. The number of nitrogens with zero attached hydrogens (tertiary/aromatic N) is 1. The fourth-order valence-electron chi connectivity index (χ4n) is 2.44. The summed E-state index contributed by atoms with van der Waals surface area (Å²) in [6, 6.07) is 5.04. The van der Waals surface area contributed by atoms with Crippen molar-refractivity contribution in [3.63, 3.8) is 0 Å². The smallest absolute Gasteiger partial charge is 0.315 e. The molecule has 19 heavy (non-hydrogen) atoms. The van der Waals surface area contributed by atoms with Crippen molar-refractivity contribution < 1.29 is 19.2 Å². The number of carbonyl (C=O) groups is 1. The number of benzene rings is 1. The second kappa shape index (κ2) is 5.26. The molecule has 6 nitrogen and oxygen atoms in total. The van der Waals surface area contributed by atoms with Crippen LogP contribution in [0.25, 0.3) is 0 Å². The van der Waals surface area contributed by atoms with Crippen LogP contribution in [-0.2, 0) is 4.79 Å². The molecule has 0 N–H and O–H groups in total. The third-order valence-corrected chi connectivity index (χ3v) is 3.40. The van der Waals surface area contributed by atoms with Crippen molar-refractivity contribution in [1.29, 1.82) is 0 Å². The van der Waals surface area contributed by atoms with Gasteiger partial charge in [-0.05, 0) is 12.5 Å². The van der Waals surface area contributed by atoms with E-state index < -0.39 is 17.8 Å². The Morgan fingerprint density at radius 3 is 2.74 bits per heavy atom. The number of rotatable bonds is 4. The third-order valence-electron chi connectivity index (χ3n) is 3.40. The van der Waals surface area contributed by atoms with E-state index in [1.54, 1.807) is 18.2 Å². The van der Waals surface area contributed by atoms with Crippen molar-refractivity contribution in [3.8, 4) is 11.5 Å². The molecule has 0 saturated heterocycles. The molecule has 0 unspecified atom stereocenters. The zero-order valence-corrected chi connectivity index (χ0v) is 10.8. The highest BCUT2D eigenvalue weighted by Crippen LogP contribution is 2.40. The molecule has 1 aliphatic rings. The Balaban J connectivity index is 2.44. The highest BCUT2D eigenvalue weighted by molar-refractivity contribution is 5.79. The molecular weight excluding hydrogens is 250 g/mol. The summed E-state index contributed by atoms with van der Waals surface area (Å²) in [7, 11) is 1.51. The Morgan fingerprint density at radius 2 is 2.16 bits per heavy atom. The van der Waals surface area contributed by atoms with Crippen LogP contribution in [0.4, 0.5) is 0 Å². The van der Waals surface area contributed by atoms with Crippen LogP contribution in [0, 0.1) is 16.0 Å². The summed E-state index contributed by atoms with van der Waals surface area (Å²) in [5, 5.41) is 10.8. The molecule has 0 amide bonds. The molecule has 0 spiro atoms. The molecule has 1 aromatic rings. The number of nitro groups is 1. The van der Waals surface area contributed by atoms with Crippen LogP contribution in [0.2, 0.25) is 0 Å². The minimum atomic E-state index is -0.466. The first-order valence-electron chi connectivity index (χ1n) is 6.08. The molecular formula is C13H15NO5. The zero-order valence-electron chi connectivity index (χ0n) is 10.8. The Morgan fingerprint density at radius 1 is 1.42 bits per heavy atom. The van der Waals surface area contributed by atoms with E-state index in [-0.39, 0.29) is 11.5 Å². The molecule has 0 saturated carbocycles. The Labute approximate surface area is 110 Å². The summed E-state index contributed by atoms with van der Waals surface area (Å²) in [5.74, 6) is -0.397. The standard InChI is InChI=1S/C13H15NO5/c1-3-9-11(7-14(16)17)10-5-4-8(18-2)6-12(10)19-13(9)15/h4-6,9,11H,3,7H2,1-2H3/t9-,11+/m1/s1. The molecule has 102 valence electrons. The van der Waals surface area contributed by atoms with Crippen molar-refractivity contribution in [3.05, 3.63) is 33.9 Å². The number of ether oxygens (including phenoxy) is 2. The molecule has 0 fully saturated rings. The van der Waals surface area contributed by atoms with Gasteiger partial charge in [-0.2, -0.15) is 0 Å². The monoisotopic (exact) mass is 265 g/mol. The van der Waals surface area contributed by atoms with Crippen LogP contribution in [0.3, 0.4) is 0 Å². The van der Waals surface area contributed by atoms with Crippen LogP contribution in [0.5, 0.6) is 11.5 Å². The van der Waals surface area contributed by atoms with Gasteiger partial charge in [-0.15, -0.1) is 0 Å². The molecule has 0 radical (unpaired) electrons. The number of hydrogen-bond donors (Lipinski definition) is 0. The van der Waals surface area contributed by atoms with Gasteiger partial charge in [-0.25, -0.2) is 0 Å². The van der Waals surface area contributed by atoms with E-state index in [0.717, 1.165) is 0 Å². The summed E-state index contributed by atoms with van der Waals surface area (Å²) >= 11 is 0. The fraction of sp³-hybridized carbons (Fsp3) is 0.462. The van der Waals surface area contributed by atoms with Crippen LogP contribution >= 0.6 is 0 Å². The molecule has 0 aromatic heterocycles. The van der Waals surface area contributed by atoms with Gasteiger partial charge in [-0.3, -0.25) is 14.9 Å². The molecule has 2 atom stereocenters. The van der Waals surface area contributed by atoms with Crippen molar-refractivity contribution in [1.82, 2.24) is 0 Å². The number of carbonyl (C=O) groups excluding carboxylic acids is 1. The Bertz CT molecular complexity index is 514. The summed E-state index contributed by atoms with van der Waals surface area (Å²) in [6.45, 7) is 1.56. The van der Waals surface area contributed by atoms with Gasteiger partial charge in [0.15, 0.2) is 0 Å². The summed E-state index contributed by atoms with van der Waals surface area (Å²) in [6.07, 6.45) is 0.517. The maximum atomic E-state index is 11.9. The number of methoxy groups -OCH3 is 1. The van der Waals surface area contributed by atoms with E-state index in [2.05, 4.69) is 0 Å². The van der Waals surface area contributed by atoms with Crippen molar-refractivity contribution >= 4 is 5.97 Å². The van der Waals surface area contributed by atoms with Gasteiger partial charge in [0.05, 0.1) is 18.9 Å². The lowest BCUT2D eigenvalue weighted by molar-refractivity contribution is -0.484. The SMILES string of the molecule is CC[C@H]1C(=O)Oc2cc(OC)ccc2[C@H]1C[N+](=O)[O-]. The number of fused-ring (bicyclic) bond motifs is 1. The maximum Gasteiger partial charge on any atom is 0.315 e. The van der Waals surface area contributed by atoms with E-state index in [1.165, 1.54) is 7.11 Å². The average Bonchev–Trinajstić information content (AvgIpc) is 2.37. The first kappa shape index (κ1) is 13.3.